The van der Waals surface area contributed by atoms with E-state index in [4.69, 9.17) is 26.8 Å². The standard InChI is InChI=1S/C10H13ClN4O2/c1-5-6-4-16-3-2-15(6)9-7(17-5)8(12)13-10(11)14-9/h5-6H,2-4H2,1H3,(H2,12,13,14). The minimum atomic E-state index is -0.00474. The number of hydrogen-bond acceptors (Lipinski definition) is 6. The summed E-state index contributed by atoms with van der Waals surface area (Å²) in [6, 6.07) is 0.154. The molecule has 3 rings (SSSR count). The minimum Gasteiger partial charge on any atom is -0.481 e. The van der Waals surface area contributed by atoms with Gasteiger partial charge in [0.1, 0.15) is 6.10 Å². The smallest absolute Gasteiger partial charge is 0.226 e. The Balaban J connectivity index is 2.09. The molecule has 0 aromatic carbocycles. The van der Waals surface area contributed by atoms with Crippen molar-refractivity contribution in [3.63, 3.8) is 0 Å². The van der Waals surface area contributed by atoms with E-state index >= 15 is 0 Å². The normalized spacial score (nSPS) is 27.1. The number of ether oxygens (including phenoxy) is 2. The second-order valence-electron chi connectivity index (χ2n) is 4.19. The lowest BCUT2D eigenvalue weighted by molar-refractivity contribution is 0.0422. The summed E-state index contributed by atoms with van der Waals surface area (Å²) < 4.78 is 11.2. The van der Waals surface area contributed by atoms with Crippen molar-refractivity contribution in [3.8, 4) is 5.75 Å². The van der Waals surface area contributed by atoms with Gasteiger partial charge < -0.3 is 20.1 Å². The van der Waals surface area contributed by atoms with E-state index in [0.717, 1.165) is 6.54 Å². The topological polar surface area (TPSA) is 73.5 Å². The van der Waals surface area contributed by atoms with Crippen molar-refractivity contribution in [3.05, 3.63) is 5.28 Å². The van der Waals surface area contributed by atoms with E-state index in [1.54, 1.807) is 0 Å². The van der Waals surface area contributed by atoms with Crippen molar-refractivity contribution in [2.75, 3.05) is 30.4 Å². The summed E-state index contributed by atoms with van der Waals surface area (Å²) in [5, 5.41) is 0.143. The third-order valence-corrected chi connectivity index (χ3v) is 3.30. The molecule has 0 radical (unpaired) electrons. The number of nitrogens with two attached hydrogens (primary N) is 1. The van der Waals surface area contributed by atoms with Gasteiger partial charge in [-0.3, -0.25) is 0 Å². The Morgan fingerprint density at radius 3 is 3.12 bits per heavy atom. The number of halogens is 1. The molecule has 2 aliphatic heterocycles. The van der Waals surface area contributed by atoms with Crippen molar-refractivity contribution >= 4 is 23.2 Å². The van der Waals surface area contributed by atoms with Crippen LogP contribution in [0.25, 0.3) is 0 Å². The van der Waals surface area contributed by atoms with Crippen LogP contribution < -0.4 is 15.4 Å². The summed E-state index contributed by atoms with van der Waals surface area (Å²) in [5.74, 6) is 1.49. The lowest BCUT2D eigenvalue weighted by Crippen LogP contribution is -2.55. The molecular weight excluding hydrogens is 244 g/mol. The second-order valence-corrected chi connectivity index (χ2v) is 4.53. The number of aromatic nitrogens is 2. The molecule has 1 aromatic heterocycles. The van der Waals surface area contributed by atoms with Crippen LogP contribution in [0.15, 0.2) is 0 Å². The quantitative estimate of drug-likeness (QED) is 0.689. The van der Waals surface area contributed by atoms with Crippen molar-refractivity contribution in [2.24, 2.45) is 0 Å². The van der Waals surface area contributed by atoms with Crippen molar-refractivity contribution < 1.29 is 9.47 Å². The number of rotatable bonds is 0. The van der Waals surface area contributed by atoms with Gasteiger partial charge in [-0.05, 0) is 18.5 Å². The summed E-state index contributed by atoms with van der Waals surface area (Å²) >= 11 is 5.83. The third-order valence-electron chi connectivity index (χ3n) is 3.13. The van der Waals surface area contributed by atoms with E-state index in [1.165, 1.54) is 0 Å². The highest BCUT2D eigenvalue weighted by molar-refractivity contribution is 6.28. The molecule has 1 saturated heterocycles. The molecule has 0 amide bonds. The van der Waals surface area contributed by atoms with Gasteiger partial charge in [0.15, 0.2) is 11.6 Å². The maximum absolute atomic E-state index is 5.83. The van der Waals surface area contributed by atoms with E-state index < -0.39 is 0 Å². The first-order valence-electron chi connectivity index (χ1n) is 5.51. The number of fused-ring (bicyclic) bond motifs is 3. The van der Waals surface area contributed by atoms with Crippen LogP contribution >= 0.6 is 11.6 Å². The zero-order valence-corrected chi connectivity index (χ0v) is 10.1. The average molecular weight is 257 g/mol. The monoisotopic (exact) mass is 256 g/mol. The van der Waals surface area contributed by atoms with Crippen LogP contribution in [-0.2, 0) is 4.74 Å². The third kappa shape index (κ3) is 1.68. The van der Waals surface area contributed by atoms with E-state index in [-0.39, 0.29) is 23.2 Å². The molecule has 1 aromatic rings. The van der Waals surface area contributed by atoms with E-state index in [9.17, 15) is 0 Å². The van der Waals surface area contributed by atoms with Gasteiger partial charge in [-0.2, -0.15) is 9.97 Å². The molecule has 6 nitrogen and oxygen atoms in total. The lowest BCUT2D eigenvalue weighted by atomic mass is 10.1. The van der Waals surface area contributed by atoms with Crippen molar-refractivity contribution in [1.29, 1.82) is 0 Å². The van der Waals surface area contributed by atoms with Gasteiger partial charge in [0.05, 0.1) is 19.3 Å². The Kier molecular flexibility index (Phi) is 2.48. The van der Waals surface area contributed by atoms with Crippen molar-refractivity contribution in [1.82, 2.24) is 9.97 Å². The molecule has 17 heavy (non-hydrogen) atoms. The summed E-state index contributed by atoms with van der Waals surface area (Å²) in [7, 11) is 0. The van der Waals surface area contributed by atoms with Crippen LogP contribution in [0.5, 0.6) is 5.75 Å². The van der Waals surface area contributed by atoms with Crippen LogP contribution in [0.1, 0.15) is 6.92 Å². The molecule has 0 spiro atoms. The molecule has 0 saturated carbocycles. The van der Waals surface area contributed by atoms with Gasteiger partial charge in [-0.15, -0.1) is 0 Å². The highest BCUT2D eigenvalue weighted by Crippen LogP contribution is 2.39. The highest BCUT2D eigenvalue weighted by Gasteiger charge is 2.38. The van der Waals surface area contributed by atoms with Crippen LogP contribution in [0, 0.1) is 0 Å². The fourth-order valence-electron chi connectivity index (χ4n) is 2.27. The zero-order valence-electron chi connectivity index (χ0n) is 9.39. The van der Waals surface area contributed by atoms with Crippen LogP contribution in [0.4, 0.5) is 11.6 Å². The maximum Gasteiger partial charge on any atom is 0.226 e. The molecule has 0 bridgehead atoms. The van der Waals surface area contributed by atoms with E-state index in [1.807, 2.05) is 6.92 Å². The second kappa shape index (κ2) is 3.89. The van der Waals surface area contributed by atoms with Gasteiger partial charge in [0.25, 0.3) is 0 Å². The molecule has 92 valence electrons. The molecule has 2 unspecified atom stereocenters. The SMILES string of the molecule is CC1Oc2c(N)nc(Cl)nc2N2CCOCC12. The van der Waals surface area contributed by atoms with Gasteiger partial charge in [0.2, 0.25) is 11.0 Å². The van der Waals surface area contributed by atoms with Gasteiger partial charge in [-0.1, -0.05) is 0 Å². The number of anilines is 2. The summed E-state index contributed by atoms with van der Waals surface area (Å²) in [6.07, 6.45) is -0.00474. The molecule has 2 aliphatic rings. The molecular formula is C10H13ClN4O2. The predicted octanol–water partition coefficient (Wildman–Crippen LogP) is 0.698. The highest BCUT2D eigenvalue weighted by atomic mass is 35.5. The number of nitrogens with zero attached hydrogens (tertiary/aromatic N) is 3. The fourth-order valence-corrected chi connectivity index (χ4v) is 2.45. The largest absolute Gasteiger partial charge is 0.481 e. The summed E-state index contributed by atoms with van der Waals surface area (Å²) in [4.78, 5) is 10.3. The first-order chi connectivity index (χ1) is 8.16. The lowest BCUT2D eigenvalue weighted by Gasteiger charge is -2.43. The Morgan fingerprint density at radius 1 is 1.47 bits per heavy atom. The average Bonchev–Trinajstić information content (AvgIpc) is 2.31. The Morgan fingerprint density at radius 2 is 2.29 bits per heavy atom. The van der Waals surface area contributed by atoms with E-state index in [0.29, 0.717) is 24.8 Å². The summed E-state index contributed by atoms with van der Waals surface area (Å²) in [6.45, 7) is 4.05. The molecule has 1 fully saturated rings. The number of hydrogen-bond donors (Lipinski definition) is 1. The number of morpholine rings is 1. The Bertz CT molecular complexity index is 456. The maximum atomic E-state index is 5.83. The minimum absolute atomic E-state index is 0.00474. The van der Waals surface area contributed by atoms with Crippen LogP contribution in [-0.4, -0.2) is 41.9 Å². The number of nitrogen functional groups attached to an aromatic ring is 1. The van der Waals surface area contributed by atoms with Gasteiger partial charge in [-0.25, -0.2) is 0 Å². The van der Waals surface area contributed by atoms with Crippen LogP contribution in [0.2, 0.25) is 5.28 Å². The zero-order chi connectivity index (χ0) is 12.0. The molecule has 0 aliphatic carbocycles. The predicted molar refractivity (Wildman–Crippen MR) is 63.5 cm³/mol. The molecule has 2 N–H and O–H groups in total. The molecule has 2 atom stereocenters. The van der Waals surface area contributed by atoms with Gasteiger partial charge >= 0.3 is 0 Å². The Hall–Kier alpha value is -1.27. The fraction of sp³-hybridized carbons (Fsp3) is 0.600. The van der Waals surface area contributed by atoms with E-state index in [2.05, 4.69) is 14.9 Å². The molecule has 3 heterocycles. The Labute approximate surface area is 104 Å². The van der Waals surface area contributed by atoms with Crippen LogP contribution in [0.3, 0.4) is 0 Å². The first-order valence-corrected chi connectivity index (χ1v) is 5.88. The van der Waals surface area contributed by atoms with Crippen molar-refractivity contribution in [2.45, 2.75) is 19.1 Å². The molecule has 7 heteroatoms. The first kappa shape index (κ1) is 10.9. The van der Waals surface area contributed by atoms with Gasteiger partial charge in [0, 0.05) is 6.54 Å². The summed E-state index contributed by atoms with van der Waals surface area (Å²) in [5.41, 5.74) is 5.81.